The van der Waals surface area contributed by atoms with Crippen LogP contribution < -0.4 is 4.74 Å². The molecule has 0 aliphatic carbocycles. The van der Waals surface area contributed by atoms with Crippen LogP contribution in [0.15, 0.2) is 58.6 Å². The van der Waals surface area contributed by atoms with E-state index in [0.29, 0.717) is 12.4 Å². The Morgan fingerprint density at radius 1 is 0.963 bits per heavy atom. The van der Waals surface area contributed by atoms with Gasteiger partial charge < -0.3 is 4.74 Å². The van der Waals surface area contributed by atoms with E-state index in [1.54, 1.807) is 44.4 Å². The van der Waals surface area contributed by atoms with Crippen molar-refractivity contribution < 1.29 is 14.3 Å². The number of carbonyl (C=O) groups excluding carboxylic acids is 2. The van der Waals surface area contributed by atoms with Crippen molar-refractivity contribution in [1.29, 1.82) is 0 Å². The molecule has 0 radical (unpaired) electrons. The van der Waals surface area contributed by atoms with Gasteiger partial charge in [0.2, 0.25) is 0 Å². The molecule has 2 aromatic carbocycles. The number of thiocarbonyl (C=S) groups is 1. The van der Waals surface area contributed by atoms with Gasteiger partial charge in [-0.2, -0.15) is 0 Å². The Kier molecular flexibility index (Phi) is 5.72. The lowest BCUT2D eigenvalue weighted by Gasteiger charge is -2.31. The number of rotatable bonds is 4. The molecule has 0 bridgehead atoms. The highest BCUT2D eigenvalue weighted by Crippen LogP contribution is 2.20. The third-order valence-electron chi connectivity index (χ3n) is 4.15. The van der Waals surface area contributed by atoms with Gasteiger partial charge in [-0.1, -0.05) is 40.2 Å². The third kappa shape index (κ3) is 4.26. The van der Waals surface area contributed by atoms with Crippen molar-refractivity contribution in [1.82, 2.24) is 9.80 Å². The molecule has 2 amide bonds. The van der Waals surface area contributed by atoms with Gasteiger partial charge in [0.05, 0.1) is 0 Å². The molecular weight excluding hydrogens is 428 g/mol. The maximum absolute atomic E-state index is 12.3. The van der Waals surface area contributed by atoms with Gasteiger partial charge in [0.15, 0.2) is 5.11 Å². The highest BCUT2D eigenvalue weighted by molar-refractivity contribution is 9.10. The molecule has 1 fully saturated rings. The van der Waals surface area contributed by atoms with Gasteiger partial charge in [-0.15, -0.1) is 0 Å². The standard InChI is InChI=1S/C20H17BrN2O3S/c1-22-18(24)17(19(25)23(2)20(22)27)11-13-5-9-16(10-6-13)26-12-14-3-7-15(21)8-4-14/h3-11H,12H2,1-2H3. The molecule has 3 rings (SSSR count). The molecule has 0 atom stereocenters. The first kappa shape index (κ1) is 19.3. The van der Waals surface area contributed by atoms with Gasteiger partial charge in [0.1, 0.15) is 17.9 Å². The molecule has 0 spiro atoms. The molecule has 0 N–H and O–H groups in total. The number of hydrogen-bond donors (Lipinski definition) is 0. The Morgan fingerprint density at radius 2 is 1.52 bits per heavy atom. The van der Waals surface area contributed by atoms with Gasteiger partial charge in [-0.3, -0.25) is 19.4 Å². The number of nitrogens with zero attached hydrogens (tertiary/aromatic N) is 2. The van der Waals surface area contributed by atoms with Crippen molar-refractivity contribution in [3.05, 3.63) is 69.7 Å². The summed E-state index contributed by atoms with van der Waals surface area (Å²) in [5.74, 6) is -0.103. The van der Waals surface area contributed by atoms with Crippen LogP contribution >= 0.6 is 28.1 Å². The highest BCUT2D eigenvalue weighted by atomic mass is 79.9. The van der Waals surface area contributed by atoms with Crippen LogP contribution in [-0.2, 0) is 16.2 Å². The Labute approximate surface area is 171 Å². The number of hydrogen-bond acceptors (Lipinski definition) is 4. The smallest absolute Gasteiger partial charge is 0.265 e. The van der Waals surface area contributed by atoms with Crippen molar-refractivity contribution in [3.63, 3.8) is 0 Å². The quantitative estimate of drug-likeness (QED) is 0.410. The van der Waals surface area contributed by atoms with E-state index >= 15 is 0 Å². The average molecular weight is 445 g/mol. The van der Waals surface area contributed by atoms with Crippen molar-refractivity contribution in [2.24, 2.45) is 0 Å². The van der Waals surface area contributed by atoms with Gasteiger partial charge in [-0.05, 0) is 53.7 Å². The molecule has 2 aromatic rings. The van der Waals surface area contributed by atoms with Crippen LogP contribution in [0.5, 0.6) is 5.75 Å². The summed E-state index contributed by atoms with van der Waals surface area (Å²) in [5, 5.41) is 0.193. The zero-order valence-corrected chi connectivity index (χ0v) is 17.2. The second-order valence-corrected chi connectivity index (χ2v) is 7.33. The third-order valence-corrected chi connectivity index (χ3v) is 5.23. The van der Waals surface area contributed by atoms with Gasteiger partial charge in [0, 0.05) is 18.6 Å². The number of carbonyl (C=O) groups is 2. The van der Waals surface area contributed by atoms with Gasteiger partial charge >= 0.3 is 0 Å². The number of likely N-dealkylation sites (N-methyl/N-ethyl adjacent to an activating group) is 2. The van der Waals surface area contributed by atoms with Crippen LogP contribution in [0, 0.1) is 0 Å². The minimum atomic E-state index is -0.404. The molecule has 7 heteroatoms. The molecule has 1 heterocycles. The molecule has 1 aliphatic rings. The lowest BCUT2D eigenvalue weighted by molar-refractivity contribution is -0.132. The second-order valence-electron chi connectivity index (χ2n) is 6.05. The van der Waals surface area contributed by atoms with E-state index < -0.39 is 11.8 Å². The fourth-order valence-electron chi connectivity index (χ4n) is 2.55. The van der Waals surface area contributed by atoms with Crippen LogP contribution in [0.1, 0.15) is 11.1 Å². The van der Waals surface area contributed by atoms with Crippen LogP contribution in [0.4, 0.5) is 0 Å². The molecule has 0 unspecified atom stereocenters. The Balaban J connectivity index is 1.72. The summed E-state index contributed by atoms with van der Waals surface area (Å²) in [6, 6.07) is 15.1. The zero-order valence-electron chi connectivity index (χ0n) is 14.8. The van der Waals surface area contributed by atoms with Crippen molar-refractivity contribution in [2.45, 2.75) is 6.61 Å². The highest BCUT2D eigenvalue weighted by Gasteiger charge is 2.35. The number of halogens is 1. The van der Waals surface area contributed by atoms with Crippen molar-refractivity contribution in [3.8, 4) is 5.75 Å². The lowest BCUT2D eigenvalue weighted by atomic mass is 10.1. The first-order valence-corrected chi connectivity index (χ1v) is 9.36. The Bertz CT molecular complexity index is 897. The predicted octanol–water partition coefficient (Wildman–Crippen LogP) is 3.63. The van der Waals surface area contributed by atoms with E-state index in [9.17, 15) is 9.59 Å². The molecule has 0 aromatic heterocycles. The normalized spacial score (nSPS) is 14.6. The first-order chi connectivity index (χ1) is 12.9. The average Bonchev–Trinajstić information content (AvgIpc) is 2.69. The van der Waals surface area contributed by atoms with Crippen LogP contribution in [0.3, 0.4) is 0 Å². The Hall–Kier alpha value is -2.51. The van der Waals surface area contributed by atoms with Crippen LogP contribution in [-0.4, -0.2) is 40.8 Å². The Morgan fingerprint density at radius 3 is 2.07 bits per heavy atom. The van der Waals surface area contributed by atoms with Crippen molar-refractivity contribution in [2.75, 3.05) is 14.1 Å². The summed E-state index contributed by atoms with van der Waals surface area (Å²) in [7, 11) is 3.11. The summed E-state index contributed by atoms with van der Waals surface area (Å²) in [5.41, 5.74) is 1.87. The van der Waals surface area contributed by atoms with E-state index in [1.807, 2.05) is 24.3 Å². The summed E-state index contributed by atoms with van der Waals surface area (Å²) < 4.78 is 6.78. The van der Waals surface area contributed by atoms with Gasteiger partial charge in [-0.25, -0.2) is 0 Å². The monoisotopic (exact) mass is 444 g/mol. The van der Waals surface area contributed by atoms with Crippen LogP contribution in [0.25, 0.3) is 6.08 Å². The summed E-state index contributed by atoms with van der Waals surface area (Å²) in [6.07, 6.45) is 1.57. The summed E-state index contributed by atoms with van der Waals surface area (Å²) in [6.45, 7) is 0.456. The number of ether oxygens (including phenoxy) is 1. The van der Waals surface area contributed by atoms with E-state index in [4.69, 9.17) is 17.0 Å². The molecule has 5 nitrogen and oxygen atoms in total. The first-order valence-electron chi connectivity index (χ1n) is 8.16. The topological polar surface area (TPSA) is 49.9 Å². The summed E-state index contributed by atoms with van der Waals surface area (Å²) >= 11 is 8.48. The summed E-state index contributed by atoms with van der Waals surface area (Å²) in [4.78, 5) is 27.3. The lowest BCUT2D eigenvalue weighted by Crippen LogP contribution is -2.52. The zero-order chi connectivity index (χ0) is 19.6. The predicted molar refractivity (Wildman–Crippen MR) is 111 cm³/mol. The van der Waals surface area contributed by atoms with Crippen molar-refractivity contribution >= 4 is 51.2 Å². The SMILES string of the molecule is CN1C(=O)C(=Cc2ccc(OCc3ccc(Br)cc3)cc2)C(=O)N(C)C1=S. The largest absolute Gasteiger partial charge is 0.489 e. The second kappa shape index (κ2) is 8.02. The molecule has 27 heavy (non-hydrogen) atoms. The number of benzene rings is 2. The maximum atomic E-state index is 12.3. The maximum Gasteiger partial charge on any atom is 0.265 e. The molecule has 0 saturated carbocycles. The fourth-order valence-corrected chi connectivity index (χ4v) is 2.98. The number of amides is 2. The van der Waals surface area contributed by atoms with Crippen LogP contribution in [0.2, 0.25) is 0 Å². The van der Waals surface area contributed by atoms with E-state index in [1.165, 1.54) is 9.80 Å². The van der Waals surface area contributed by atoms with E-state index in [-0.39, 0.29) is 10.7 Å². The molecule has 1 aliphatic heterocycles. The van der Waals surface area contributed by atoms with E-state index in [2.05, 4.69) is 15.9 Å². The fraction of sp³-hybridized carbons (Fsp3) is 0.150. The van der Waals surface area contributed by atoms with E-state index in [0.717, 1.165) is 15.6 Å². The molecule has 138 valence electrons. The minimum absolute atomic E-state index is 0.0807. The molecular formula is C20H17BrN2O3S. The minimum Gasteiger partial charge on any atom is -0.489 e. The molecule has 1 saturated heterocycles. The van der Waals surface area contributed by atoms with Gasteiger partial charge in [0.25, 0.3) is 11.8 Å².